The second-order valence-electron chi connectivity index (χ2n) is 4.62. The highest BCUT2D eigenvalue weighted by Crippen LogP contribution is 2.31. The lowest BCUT2D eigenvalue weighted by Crippen LogP contribution is -2.28. The molecule has 0 saturated carbocycles. The van der Waals surface area contributed by atoms with Gasteiger partial charge >= 0.3 is 6.36 Å². The Morgan fingerprint density at radius 2 is 2.05 bits per heavy atom. The second kappa shape index (κ2) is 7.32. The molecule has 0 spiro atoms. The van der Waals surface area contributed by atoms with E-state index in [1.807, 2.05) is 0 Å². The Morgan fingerprint density at radius 1 is 1.41 bits per heavy atom. The lowest BCUT2D eigenvalue weighted by Gasteiger charge is -2.20. The first-order chi connectivity index (χ1) is 10.1. The Labute approximate surface area is 124 Å². The molecule has 0 aliphatic rings. The first kappa shape index (κ1) is 18.1. The van der Waals surface area contributed by atoms with Crippen LogP contribution in [0.1, 0.15) is 25.0 Å². The van der Waals surface area contributed by atoms with Gasteiger partial charge in [-0.2, -0.15) is 0 Å². The van der Waals surface area contributed by atoms with Crippen molar-refractivity contribution >= 4 is 11.6 Å². The average Bonchev–Trinajstić information content (AvgIpc) is 2.38. The van der Waals surface area contributed by atoms with E-state index in [4.69, 9.17) is 5.73 Å². The van der Waals surface area contributed by atoms with Crippen molar-refractivity contribution < 1.29 is 32.9 Å². The number of benzene rings is 1. The zero-order chi connectivity index (χ0) is 16.9. The third-order valence-electron chi connectivity index (χ3n) is 2.79. The molecule has 1 amide bonds. The molecule has 2 atom stereocenters. The molecule has 1 aromatic carbocycles. The van der Waals surface area contributed by atoms with Crippen LogP contribution in [0, 0.1) is 0 Å². The fourth-order valence-electron chi connectivity index (χ4n) is 1.77. The number of nitrogens with one attached hydrogen (secondary N) is 1. The smallest absolute Gasteiger partial charge is 0.406 e. The molecule has 2 unspecified atom stereocenters. The molecule has 0 saturated heterocycles. The van der Waals surface area contributed by atoms with Crippen LogP contribution in [0.15, 0.2) is 18.2 Å². The predicted octanol–water partition coefficient (Wildman–Crippen LogP) is 1.09. The van der Waals surface area contributed by atoms with E-state index in [-0.39, 0.29) is 30.1 Å². The molecule has 5 N–H and O–H groups in total. The van der Waals surface area contributed by atoms with Gasteiger partial charge in [0.1, 0.15) is 11.9 Å². The second-order valence-corrected chi connectivity index (χ2v) is 4.62. The molecule has 0 aliphatic heterocycles. The number of amides is 1. The van der Waals surface area contributed by atoms with E-state index in [9.17, 15) is 28.2 Å². The van der Waals surface area contributed by atoms with Crippen molar-refractivity contribution in [3.05, 3.63) is 23.8 Å². The highest BCUT2D eigenvalue weighted by Gasteiger charge is 2.31. The van der Waals surface area contributed by atoms with Gasteiger partial charge in [0.2, 0.25) is 5.91 Å². The number of nitrogens with two attached hydrogens (primary N) is 1. The summed E-state index contributed by atoms with van der Waals surface area (Å²) in [4.78, 5) is 10.7. The molecule has 1 rings (SSSR count). The molecule has 0 aromatic heterocycles. The standard InChI is InChI=1S/C13H17F3N2O4/c1-7(19)18-5-4-11(20)12(21)9-6-8(2-3-10(9)17)22-13(14,15)16/h2-3,6,11-12,20-21H,4-5,17H2,1H3,(H,18,19). The normalized spacial score (nSPS) is 14.3. The third kappa shape index (κ3) is 5.78. The van der Waals surface area contributed by atoms with Gasteiger partial charge < -0.3 is 26.0 Å². The number of aliphatic hydroxyl groups excluding tert-OH is 2. The van der Waals surface area contributed by atoms with Crippen LogP contribution in [-0.4, -0.2) is 35.1 Å². The van der Waals surface area contributed by atoms with Gasteiger partial charge in [0.15, 0.2) is 0 Å². The molecule has 0 heterocycles. The molecule has 22 heavy (non-hydrogen) atoms. The summed E-state index contributed by atoms with van der Waals surface area (Å²) in [7, 11) is 0. The monoisotopic (exact) mass is 322 g/mol. The van der Waals surface area contributed by atoms with E-state index in [1.54, 1.807) is 0 Å². The van der Waals surface area contributed by atoms with Crippen LogP contribution in [0.5, 0.6) is 5.75 Å². The Bertz CT molecular complexity index is 522. The van der Waals surface area contributed by atoms with Crippen LogP contribution in [0.3, 0.4) is 0 Å². The molecular formula is C13H17F3N2O4. The minimum atomic E-state index is -4.87. The van der Waals surface area contributed by atoms with Crippen molar-refractivity contribution in [2.75, 3.05) is 12.3 Å². The van der Waals surface area contributed by atoms with E-state index in [0.29, 0.717) is 0 Å². The van der Waals surface area contributed by atoms with E-state index < -0.39 is 24.3 Å². The summed E-state index contributed by atoms with van der Waals surface area (Å²) in [5.41, 5.74) is 5.52. The summed E-state index contributed by atoms with van der Waals surface area (Å²) in [6, 6.07) is 3.05. The van der Waals surface area contributed by atoms with Crippen LogP contribution in [0.2, 0.25) is 0 Å². The van der Waals surface area contributed by atoms with Crippen LogP contribution >= 0.6 is 0 Å². The Morgan fingerprint density at radius 3 is 2.59 bits per heavy atom. The van der Waals surface area contributed by atoms with E-state index in [1.165, 1.54) is 6.92 Å². The predicted molar refractivity (Wildman–Crippen MR) is 71.8 cm³/mol. The maximum Gasteiger partial charge on any atom is 0.573 e. The van der Waals surface area contributed by atoms with Gasteiger partial charge in [-0.1, -0.05) is 0 Å². The van der Waals surface area contributed by atoms with Gasteiger partial charge in [-0.05, 0) is 24.6 Å². The van der Waals surface area contributed by atoms with Gasteiger partial charge in [0.05, 0.1) is 6.10 Å². The topological polar surface area (TPSA) is 105 Å². The Balaban J connectivity index is 2.80. The van der Waals surface area contributed by atoms with Crippen molar-refractivity contribution in [2.45, 2.75) is 31.9 Å². The summed E-state index contributed by atoms with van der Waals surface area (Å²) in [5.74, 6) is -0.855. The number of aliphatic hydroxyl groups is 2. The van der Waals surface area contributed by atoms with Crippen LogP contribution < -0.4 is 15.8 Å². The largest absolute Gasteiger partial charge is 0.573 e. The average molecular weight is 322 g/mol. The molecule has 6 nitrogen and oxygen atoms in total. The summed E-state index contributed by atoms with van der Waals surface area (Å²) in [5, 5.41) is 22.2. The number of hydrogen-bond acceptors (Lipinski definition) is 5. The van der Waals surface area contributed by atoms with Crippen LogP contribution in [0.25, 0.3) is 0 Å². The molecule has 0 fully saturated rings. The number of rotatable bonds is 6. The number of carbonyl (C=O) groups is 1. The summed E-state index contributed by atoms with van der Waals surface area (Å²) in [6.45, 7) is 1.39. The van der Waals surface area contributed by atoms with Crippen LogP contribution in [-0.2, 0) is 4.79 Å². The summed E-state index contributed by atoms with van der Waals surface area (Å²) in [6.07, 6.45) is -7.69. The van der Waals surface area contributed by atoms with Gasteiger partial charge in [0, 0.05) is 24.7 Å². The minimum absolute atomic E-state index is 0.00451. The van der Waals surface area contributed by atoms with E-state index >= 15 is 0 Å². The molecular weight excluding hydrogens is 305 g/mol. The number of ether oxygens (including phenoxy) is 1. The highest BCUT2D eigenvalue weighted by molar-refractivity contribution is 5.72. The van der Waals surface area contributed by atoms with Crippen molar-refractivity contribution in [1.29, 1.82) is 0 Å². The van der Waals surface area contributed by atoms with Gasteiger partial charge in [-0.3, -0.25) is 4.79 Å². The molecule has 9 heteroatoms. The number of carbonyl (C=O) groups excluding carboxylic acids is 1. The lowest BCUT2D eigenvalue weighted by atomic mass is 10.00. The van der Waals surface area contributed by atoms with Gasteiger partial charge in [-0.25, -0.2) is 0 Å². The number of nitrogen functional groups attached to an aromatic ring is 1. The number of anilines is 1. The summed E-state index contributed by atoms with van der Waals surface area (Å²) >= 11 is 0. The van der Waals surface area contributed by atoms with Crippen molar-refractivity contribution in [2.24, 2.45) is 0 Å². The number of hydrogen-bond donors (Lipinski definition) is 4. The molecule has 0 bridgehead atoms. The van der Waals surface area contributed by atoms with Gasteiger partial charge in [0.25, 0.3) is 0 Å². The molecule has 0 radical (unpaired) electrons. The fraction of sp³-hybridized carbons (Fsp3) is 0.462. The van der Waals surface area contributed by atoms with Crippen molar-refractivity contribution in [3.63, 3.8) is 0 Å². The van der Waals surface area contributed by atoms with Crippen molar-refractivity contribution in [3.8, 4) is 5.75 Å². The summed E-state index contributed by atoms with van der Waals surface area (Å²) < 4.78 is 40.2. The Kier molecular flexibility index (Phi) is 6.01. The van der Waals surface area contributed by atoms with E-state index in [2.05, 4.69) is 10.1 Å². The molecule has 0 aliphatic carbocycles. The SMILES string of the molecule is CC(=O)NCCC(O)C(O)c1cc(OC(F)(F)F)ccc1N. The Hall–Kier alpha value is -2.00. The highest BCUT2D eigenvalue weighted by atomic mass is 19.4. The first-order valence-corrected chi connectivity index (χ1v) is 6.36. The maximum atomic E-state index is 12.2. The van der Waals surface area contributed by atoms with Crippen molar-refractivity contribution in [1.82, 2.24) is 5.32 Å². The fourth-order valence-corrected chi connectivity index (χ4v) is 1.77. The lowest BCUT2D eigenvalue weighted by molar-refractivity contribution is -0.274. The first-order valence-electron chi connectivity index (χ1n) is 6.36. The number of halogens is 3. The van der Waals surface area contributed by atoms with Crippen LogP contribution in [0.4, 0.5) is 18.9 Å². The number of alkyl halides is 3. The van der Waals surface area contributed by atoms with E-state index in [0.717, 1.165) is 18.2 Å². The third-order valence-corrected chi connectivity index (χ3v) is 2.79. The minimum Gasteiger partial charge on any atom is -0.406 e. The quantitative estimate of drug-likeness (QED) is 0.587. The molecule has 124 valence electrons. The zero-order valence-corrected chi connectivity index (χ0v) is 11.7. The maximum absolute atomic E-state index is 12.2. The zero-order valence-electron chi connectivity index (χ0n) is 11.7. The van der Waals surface area contributed by atoms with Gasteiger partial charge in [-0.15, -0.1) is 13.2 Å². The molecule has 1 aromatic rings.